The van der Waals surface area contributed by atoms with Gasteiger partial charge in [-0.15, -0.1) is 0 Å². The van der Waals surface area contributed by atoms with E-state index in [1.807, 2.05) is 0 Å². The van der Waals surface area contributed by atoms with Crippen molar-refractivity contribution in [1.82, 2.24) is 0 Å². The molecule has 4 rings (SSSR count). The van der Waals surface area contributed by atoms with Crippen LogP contribution in [-0.4, -0.2) is 44.7 Å². The molecule has 0 aliphatic heterocycles. The summed E-state index contributed by atoms with van der Waals surface area (Å²) in [5, 5.41) is 42.0. The molecule has 4 aliphatic rings. The van der Waals surface area contributed by atoms with E-state index in [2.05, 4.69) is 20.8 Å². The summed E-state index contributed by atoms with van der Waals surface area (Å²) in [6, 6.07) is 0. The molecule has 4 saturated carbocycles. The van der Waals surface area contributed by atoms with Crippen molar-refractivity contribution in [1.29, 1.82) is 0 Å². The first-order valence-corrected chi connectivity index (χ1v) is 11.8. The minimum Gasteiger partial charge on any atom is -0.481 e. The molecule has 0 aromatic heterocycles. The van der Waals surface area contributed by atoms with Gasteiger partial charge in [0.25, 0.3) is 0 Å². The molecule has 0 spiro atoms. The molecule has 0 bridgehead atoms. The Balaban J connectivity index is 1.61. The second-order valence-electron chi connectivity index (χ2n) is 11.4. The molecule has 0 heterocycles. The van der Waals surface area contributed by atoms with Crippen LogP contribution in [0.5, 0.6) is 0 Å². The van der Waals surface area contributed by atoms with E-state index in [1.165, 1.54) is 0 Å². The first-order chi connectivity index (χ1) is 13.6. The van der Waals surface area contributed by atoms with Crippen LogP contribution in [-0.2, 0) is 4.79 Å². The van der Waals surface area contributed by atoms with E-state index in [0.29, 0.717) is 30.1 Å². The Hall–Kier alpha value is -0.650. The topological polar surface area (TPSA) is 98.0 Å². The largest absolute Gasteiger partial charge is 0.481 e. The number of rotatable bonds is 4. The van der Waals surface area contributed by atoms with Gasteiger partial charge in [-0.25, -0.2) is 0 Å². The number of carbonyl (C=O) groups is 1. The number of hydrogen-bond acceptors (Lipinski definition) is 4. The number of fused-ring (bicyclic) bond motifs is 5. The molecule has 5 nitrogen and oxygen atoms in total. The zero-order chi connectivity index (χ0) is 21.1. The third kappa shape index (κ3) is 3.27. The Bertz CT molecular complexity index is 637. The molecule has 29 heavy (non-hydrogen) atoms. The van der Waals surface area contributed by atoms with Crippen LogP contribution in [0, 0.1) is 46.3 Å². The lowest BCUT2D eigenvalue weighted by Crippen LogP contribution is -2.62. The van der Waals surface area contributed by atoms with Gasteiger partial charge in [-0.05, 0) is 97.7 Å². The van der Waals surface area contributed by atoms with Crippen LogP contribution in [0.3, 0.4) is 0 Å². The number of hydrogen-bond donors (Lipinski definition) is 4. The lowest BCUT2D eigenvalue weighted by Gasteiger charge is -2.63. The summed E-state index contributed by atoms with van der Waals surface area (Å²) >= 11 is 0. The van der Waals surface area contributed by atoms with Gasteiger partial charge < -0.3 is 20.4 Å². The summed E-state index contributed by atoms with van der Waals surface area (Å²) in [6.07, 6.45) is 6.00. The van der Waals surface area contributed by atoms with Crippen molar-refractivity contribution in [3.05, 3.63) is 0 Å². The van der Waals surface area contributed by atoms with Crippen LogP contribution in [0.2, 0.25) is 0 Å². The molecule has 0 saturated heterocycles. The van der Waals surface area contributed by atoms with Crippen molar-refractivity contribution in [2.24, 2.45) is 46.3 Å². The SMILES string of the molecule is C[C@H](CCC(=O)O)[C@@H]1CC[C@@H]2[C@H]3[C@H](O)C[C@H]4C[C@H](O)CC[C@]4(C)[C@H]3C[C@H](O)[C@@]21C. The van der Waals surface area contributed by atoms with Gasteiger partial charge in [0.1, 0.15) is 0 Å². The Labute approximate surface area is 174 Å². The predicted molar refractivity (Wildman–Crippen MR) is 110 cm³/mol. The maximum absolute atomic E-state index is 11.5. The summed E-state index contributed by atoms with van der Waals surface area (Å²) in [4.78, 5) is 11.1. The van der Waals surface area contributed by atoms with Crippen molar-refractivity contribution in [2.45, 2.75) is 96.9 Å². The van der Waals surface area contributed by atoms with E-state index < -0.39 is 12.1 Å². The van der Waals surface area contributed by atoms with E-state index in [4.69, 9.17) is 5.11 Å². The Morgan fingerprint density at radius 1 is 1.03 bits per heavy atom. The van der Waals surface area contributed by atoms with Crippen LogP contribution < -0.4 is 0 Å². The van der Waals surface area contributed by atoms with Crippen LogP contribution in [0.1, 0.15) is 78.6 Å². The quantitative estimate of drug-likeness (QED) is 0.571. The minimum atomic E-state index is -0.748. The summed E-state index contributed by atoms with van der Waals surface area (Å²) in [5.41, 5.74) is -0.143. The molecule has 5 heteroatoms. The average molecular weight is 409 g/mol. The van der Waals surface area contributed by atoms with E-state index in [0.717, 1.165) is 44.9 Å². The Kier molecular flexibility index (Phi) is 5.57. The Morgan fingerprint density at radius 2 is 1.76 bits per heavy atom. The van der Waals surface area contributed by atoms with E-state index in [-0.39, 0.29) is 41.3 Å². The maximum atomic E-state index is 11.5. The van der Waals surface area contributed by atoms with Crippen molar-refractivity contribution >= 4 is 5.97 Å². The van der Waals surface area contributed by atoms with Gasteiger partial charge in [-0.3, -0.25) is 4.79 Å². The lowest BCUT2D eigenvalue weighted by atomic mass is 9.43. The highest BCUT2D eigenvalue weighted by molar-refractivity contribution is 5.66. The minimum absolute atomic E-state index is 0.0957. The third-order valence-corrected chi connectivity index (χ3v) is 10.3. The number of carboxylic acid groups (broad SMARTS) is 1. The van der Waals surface area contributed by atoms with Crippen LogP contribution >= 0.6 is 0 Å². The van der Waals surface area contributed by atoms with Gasteiger partial charge in [-0.2, -0.15) is 0 Å². The average Bonchev–Trinajstić information content (AvgIpc) is 3.01. The van der Waals surface area contributed by atoms with Gasteiger partial charge in [-0.1, -0.05) is 20.8 Å². The fraction of sp³-hybridized carbons (Fsp3) is 0.958. The maximum Gasteiger partial charge on any atom is 0.303 e. The fourth-order valence-corrected chi connectivity index (χ4v) is 8.68. The molecule has 0 radical (unpaired) electrons. The normalized spacial score (nSPS) is 52.9. The second kappa shape index (κ2) is 7.49. The number of aliphatic hydroxyl groups is 3. The summed E-state index contributed by atoms with van der Waals surface area (Å²) in [6.45, 7) is 6.72. The van der Waals surface area contributed by atoms with Crippen LogP contribution in [0.25, 0.3) is 0 Å². The monoisotopic (exact) mass is 408 g/mol. The first-order valence-electron chi connectivity index (χ1n) is 11.8. The molecular weight excluding hydrogens is 368 g/mol. The van der Waals surface area contributed by atoms with Crippen molar-refractivity contribution in [2.75, 3.05) is 0 Å². The fourth-order valence-electron chi connectivity index (χ4n) is 8.68. The van der Waals surface area contributed by atoms with Gasteiger partial charge >= 0.3 is 5.97 Å². The van der Waals surface area contributed by atoms with E-state index in [9.17, 15) is 20.1 Å². The number of aliphatic hydroxyl groups excluding tert-OH is 3. The van der Waals surface area contributed by atoms with Crippen LogP contribution in [0.4, 0.5) is 0 Å². The molecule has 11 atom stereocenters. The summed E-state index contributed by atoms with van der Waals surface area (Å²) < 4.78 is 0. The van der Waals surface area contributed by atoms with E-state index >= 15 is 0 Å². The van der Waals surface area contributed by atoms with Crippen LogP contribution in [0.15, 0.2) is 0 Å². The smallest absolute Gasteiger partial charge is 0.303 e. The van der Waals surface area contributed by atoms with Crippen molar-refractivity contribution < 1.29 is 25.2 Å². The predicted octanol–water partition coefficient (Wildman–Crippen LogP) is 3.45. The molecule has 4 aliphatic carbocycles. The molecule has 0 aromatic rings. The van der Waals surface area contributed by atoms with Gasteiger partial charge in [0, 0.05) is 6.42 Å². The number of aliphatic carboxylic acids is 1. The zero-order valence-corrected chi connectivity index (χ0v) is 18.3. The van der Waals surface area contributed by atoms with Gasteiger partial charge in [0.15, 0.2) is 0 Å². The molecule has 0 aromatic carbocycles. The van der Waals surface area contributed by atoms with Gasteiger partial charge in [0.2, 0.25) is 0 Å². The highest BCUT2D eigenvalue weighted by Crippen LogP contribution is 2.68. The molecular formula is C24H40O5. The number of carboxylic acids is 1. The molecule has 166 valence electrons. The van der Waals surface area contributed by atoms with Crippen molar-refractivity contribution in [3.8, 4) is 0 Å². The first kappa shape index (κ1) is 21.6. The summed E-state index contributed by atoms with van der Waals surface area (Å²) in [7, 11) is 0. The second-order valence-corrected chi connectivity index (χ2v) is 11.4. The highest BCUT2D eigenvalue weighted by Gasteiger charge is 2.65. The molecule has 4 fully saturated rings. The third-order valence-electron chi connectivity index (χ3n) is 10.3. The lowest BCUT2D eigenvalue weighted by molar-refractivity contribution is -0.207. The Morgan fingerprint density at radius 3 is 2.45 bits per heavy atom. The van der Waals surface area contributed by atoms with Crippen molar-refractivity contribution in [3.63, 3.8) is 0 Å². The summed E-state index contributed by atoms with van der Waals surface area (Å²) in [5.74, 6) is 0.997. The molecule has 4 N–H and O–H groups in total. The molecule has 0 unspecified atom stereocenters. The highest BCUT2D eigenvalue weighted by atomic mass is 16.4. The zero-order valence-electron chi connectivity index (χ0n) is 18.3. The van der Waals surface area contributed by atoms with E-state index in [1.54, 1.807) is 0 Å². The standard InChI is InChI=1S/C24H40O5/c1-13(4-7-21(28)29)16-5-6-17-22-18(12-20(27)24(16,17)3)23(2)9-8-15(25)10-14(23)11-19(22)26/h13-20,22,25-27H,4-12H2,1-3H3,(H,28,29)/t13-,14-,15-,16+,17-,18+,19-,20+,22-,23+,24-/m1/s1. The van der Waals surface area contributed by atoms with Gasteiger partial charge in [0.05, 0.1) is 18.3 Å². The molecule has 0 amide bonds.